The lowest BCUT2D eigenvalue weighted by molar-refractivity contribution is -0.144. The highest BCUT2D eigenvalue weighted by Crippen LogP contribution is 2.23. The molecular formula is C40H67N9O8. The minimum atomic E-state index is -1.24. The topological polar surface area (TPSA) is 285 Å². The van der Waals surface area contributed by atoms with Crippen LogP contribution in [0.2, 0.25) is 0 Å². The minimum absolute atomic E-state index is 0.00341. The van der Waals surface area contributed by atoms with Crippen LogP contribution in [-0.4, -0.2) is 106 Å². The number of hydrogen-bond donors (Lipinski definition) is 9. The molecule has 17 nitrogen and oxygen atoms in total. The first-order valence-electron chi connectivity index (χ1n) is 20.0. The van der Waals surface area contributed by atoms with E-state index in [-0.39, 0.29) is 61.8 Å². The summed E-state index contributed by atoms with van der Waals surface area (Å²) in [4.78, 5) is 86.6. The molecule has 0 saturated carbocycles. The second-order valence-electron chi connectivity index (χ2n) is 16.5. The normalized spacial score (nSPS) is 16.8. The van der Waals surface area contributed by atoms with Gasteiger partial charge in [-0.05, 0) is 80.5 Å². The van der Waals surface area contributed by atoms with Gasteiger partial charge in [-0.1, -0.05) is 66.5 Å². The monoisotopic (exact) mass is 802 g/mol. The van der Waals surface area contributed by atoms with Crippen LogP contribution >= 0.6 is 0 Å². The van der Waals surface area contributed by atoms with Gasteiger partial charge in [-0.15, -0.1) is 0 Å². The summed E-state index contributed by atoms with van der Waals surface area (Å²) in [5.41, 5.74) is 16.3. The number of benzene rings is 1. The van der Waals surface area contributed by atoms with E-state index in [1.165, 1.54) is 17.0 Å². The summed E-state index contributed by atoms with van der Waals surface area (Å²) >= 11 is 0. The number of carboxylic acid groups (broad SMARTS) is 1. The van der Waals surface area contributed by atoms with Crippen molar-refractivity contribution in [1.29, 1.82) is 0 Å². The number of phenolic OH excluding ortho intramolecular Hbond substituents is 1. The highest BCUT2D eigenvalue weighted by atomic mass is 16.4. The maximum atomic E-state index is 14.2. The van der Waals surface area contributed by atoms with Gasteiger partial charge >= 0.3 is 5.97 Å². The SMILES string of the molecule is CC(C)C[C@H](NC(=O)[C@@H](NC(=O)[C@H](Cc1ccc(O)cc1)NC(=O)[C@@H]1CCCN1C(=O)[C@H](CCCN=C(N)N)NC(=O)[C@@H](C)CCCCCN)C(C)(C)C)C(=O)O. The van der Waals surface area contributed by atoms with E-state index in [9.17, 15) is 39.0 Å². The van der Waals surface area contributed by atoms with Crippen molar-refractivity contribution in [2.75, 3.05) is 19.6 Å². The second-order valence-corrected chi connectivity index (χ2v) is 16.5. The van der Waals surface area contributed by atoms with E-state index in [0.29, 0.717) is 37.8 Å². The molecule has 1 fully saturated rings. The van der Waals surface area contributed by atoms with Gasteiger partial charge in [-0.2, -0.15) is 0 Å². The van der Waals surface area contributed by atoms with Gasteiger partial charge in [0.05, 0.1) is 0 Å². The molecule has 0 bridgehead atoms. The van der Waals surface area contributed by atoms with E-state index in [4.69, 9.17) is 17.2 Å². The average Bonchev–Trinajstić information content (AvgIpc) is 3.63. The number of hydrogen-bond acceptors (Lipinski definition) is 9. The van der Waals surface area contributed by atoms with Gasteiger partial charge in [0.25, 0.3) is 0 Å². The highest BCUT2D eigenvalue weighted by molar-refractivity contribution is 5.96. The van der Waals surface area contributed by atoms with Crippen LogP contribution in [0.4, 0.5) is 0 Å². The predicted octanol–water partition coefficient (Wildman–Crippen LogP) is 1.25. The standard InChI is InChI=1S/C40H67N9O8/c1-24(2)22-30(38(56)57)47-36(54)32(40(4,5)6)48-34(52)29(23-26-15-17-27(50)18-16-26)46-35(53)31-14-11-21-49(31)37(55)28(13-10-20-44-39(42)43)45-33(51)25(3)12-8-7-9-19-41/h15-18,24-25,28-32,50H,7-14,19-23,41H2,1-6H3,(H,45,51)(H,46,53)(H,47,54)(H,48,52)(H,56,57)(H4,42,43,44)/t25-,28-,29-,30-,31-,32+/m0/s1. The van der Waals surface area contributed by atoms with Crippen LogP contribution < -0.4 is 38.5 Å². The van der Waals surface area contributed by atoms with Gasteiger partial charge in [-0.3, -0.25) is 29.0 Å². The second kappa shape index (κ2) is 23.3. The summed E-state index contributed by atoms with van der Waals surface area (Å²) in [6.07, 6.45) is 4.72. The molecule has 1 aromatic carbocycles. The van der Waals surface area contributed by atoms with Crippen LogP contribution in [0.25, 0.3) is 0 Å². The van der Waals surface area contributed by atoms with Gasteiger partial charge < -0.3 is 53.6 Å². The number of rotatable bonds is 23. The molecule has 320 valence electrons. The quantitative estimate of drug-likeness (QED) is 0.0431. The smallest absolute Gasteiger partial charge is 0.326 e. The largest absolute Gasteiger partial charge is 0.508 e. The number of aliphatic imine (C=N–C) groups is 1. The van der Waals surface area contributed by atoms with E-state index < -0.39 is 65.2 Å². The van der Waals surface area contributed by atoms with Crippen LogP contribution in [0.3, 0.4) is 0 Å². The van der Waals surface area contributed by atoms with E-state index in [1.54, 1.807) is 39.8 Å². The molecule has 5 amide bonds. The van der Waals surface area contributed by atoms with Crippen LogP contribution in [-0.2, 0) is 35.2 Å². The first-order valence-corrected chi connectivity index (χ1v) is 20.0. The maximum Gasteiger partial charge on any atom is 0.326 e. The number of likely N-dealkylation sites (tertiary alicyclic amines) is 1. The molecule has 1 heterocycles. The third-order valence-corrected chi connectivity index (χ3v) is 9.93. The van der Waals surface area contributed by atoms with Crippen molar-refractivity contribution < 1.29 is 39.0 Å². The number of nitrogens with zero attached hydrogens (tertiary/aromatic N) is 2. The molecule has 0 unspecified atom stereocenters. The van der Waals surface area contributed by atoms with Gasteiger partial charge in [0.15, 0.2) is 5.96 Å². The fourth-order valence-corrected chi connectivity index (χ4v) is 6.69. The summed E-state index contributed by atoms with van der Waals surface area (Å²) in [7, 11) is 0. The Kier molecular flexibility index (Phi) is 19.7. The zero-order valence-electron chi connectivity index (χ0n) is 34.5. The average molecular weight is 802 g/mol. The molecule has 1 aromatic rings. The van der Waals surface area contributed by atoms with Gasteiger partial charge in [0.2, 0.25) is 29.5 Å². The van der Waals surface area contributed by atoms with E-state index in [0.717, 1.165) is 19.3 Å². The van der Waals surface area contributed by atoms with Crippen molar-refractivity contribution in [3.8, 4) is 5.75 Å². The number of nitrogens with two attached hydrogens (primary N) is 3. The Labute approximate surface area is 336 Å². The summed E-state index contributed by atoms with van der Waals surface area (Å²) in [6, 6.07) is 0.552. The van der Waals surface area contributed by atoms with Crippen molar-refractivity contribution in [2.45, 2.75) is 136 Å². The lowest BCUT2D eigenvalue weighted by Gasteiger charge is -2.33. The van der Waals surface area contributed by atoms with E-state index >= 15 is 0 Å². The Morgan fingerprint density at radius 1 is 0.842 bits per heavy atom. The molecule has 0 spiro atoms. The van der Waals surface area contributed by atoms with Crippen molar-refractivity contribution in [3.63, 3.8) is 0 Å². The van der Waals surface area contributed by atoms with Crippen molar-refractivity contribution in [3.05, 3.63) is 29.8 Å². The molecule has 57 heavy (non-hydrogen) atoms. The van der Waals surface area contributed by atoms with Crippen molar-refractivity contribution >= 4 is 41.5 Å². The van der Waals surface area contributed by atoms with E-state index in [2.05, 4.69) is 26.3 Å². The number of aliphatic carboxylic acids is 1. The maximum absolute atomic E-state index is 14.2. The number of amides is 5. The minimum Gasteiger partial charge on any atom is -0.508 e. The van der Waals surface area contributed by atoms with Crippen LogP contribution in [0.5, 0.6) is 5.75 Å². The Morgan fingerprint density at radius 2 is 1.49 bits per heavy atom. The number of carbonyl (C=O) groups is 6. The number of nitrogens with one attached hydrogen (secondary N) is 4. The highest BCUT2D eigenvalue weighted by Gasteiger charge is 2.41. The number of aromatic hydroxyl groups is 1. The van der Waals surface area contributed by atoms with Crippen molar-refractivity contribution in [2.24, 2.45) is 39.4 Å². The Balaban J connectivity index is 2.36. The fourth-order valence-electron chi connectivity index (χ4n) is 6.69. The molecule has 1 aliphatic rings. The van der Waals surface area contributed by atoms with Gasteiger partial charge in [-0.25, -0.2) is 4.79 Å². The Hall–Kier alpha value is -4.93. The molecule has 1 saturated heterocycles. The van der Waals surface area contributed by atoms with Crippen molar-refractivity contribution in [1.82, 2.24) is 26.2 Å². The third-order valence-electron chi connectivity index (χ3n) is 9.93. The summed E-state index contributed by atoms with van der Waals surface area (Å²) in [6.45, 7) is 11.7. The number of phenols is 1. The molecule has 0 aromatic heterocycles. The molecule has 1 aliphatic heterocycles. The van der Waals surface area contributed by atoms with Gasteiger partial charge in [0.1, 0.15) is 36.0 Å². The molecule has 6 atom stereocenters. The Bertz CT molecular complexity index is 1530. The van der Waals surface area contributed by atoms with Gasteiger partial charge in [0, 0.05) is 25.4 Å². The predicted molar refractivity (Wildman–Crippen MR) is 217 cm³/mol. The van der Waals surface area contributed by atoms with E-state index in [1.807, 2.05) is 13.8 Å². The zero-order valence-corrected chi connectivity index (χ0v) is 34.5. The molecule has 2 rings (SSSR count). The Morgan fingerprint density at radius 3 is 2.07 bits per heavy atom. The molecule has 12 N–H and O–H groups in total. The number of carbonyl (C=O) groups excluding carboxylic acids is 5. The lowest BCUT2D eigenvalue weighted by Crippen LogP contribution is -2.61. The number of unbranched alkanes of at least 4 members (excludes halogenated alkanes) is 2. The summed E-state index contributed by atoms with van der Waals surface area (Å²) < 4.78 is 0. The molecule has 0 aliphatic carbocycles. The third kappa shape index (κ3) is 16.6. The summed E-state index contributed by atoms with van der Waals surface area (Å²) in [5.74, 6) is -4.42. The lowest BCUT2D eigenvalue weighted by atomic mass is 9.85. The summed E-state index contributed by atoms with van der Waals surface area (Å²) in [5, 5.41) is 30.6. The molecular weight excluding hydrogens is 734 g/mol. The van der Waals surface area contributed by atoms with Crippen LogP contribution in [0.15, 0.2) is 29.3 Å². The van der Waals surface area contributed by atoms with Crippen LogP contribution in [0, 0.1) is 17.3 Å². The first kappa shape index (κ1) is 48.2. The molecule has 17 heteroatoms. The molecule has 0 radical (unpaired) electrons. The number of carboxylic acids is 1. The fraction of sp³-hybridized carbons (Fsp3) is 0.675. The van der Waals surface area contributed by atoms with Crippen LogP contribution in [0.1, 0.15) is 105 Å². The first-order chi connectivity index (χ1) is 26.7. The number of guanidine groups is 1. The zero-order chi connectivity index (χ0) is 42.9.